The number of nitrogen functional groups attached to an aromatic ring is 1. The maximum absolute atomic E-state index is 10.7. The summed E-state index contributed by atoms with van der Waals surface area (Å²) in [6, 6.07) is 1.61. The van der Waals surface area contributed by atoms with Crippen LogP contribution in [-0.2, 0) is 10.8 Å². The Morgan fingerprint density at radius 1 is 1.69 bits per heavy atom. The normalized spacial score (nSPS) is 12.4. The van der Waals surface area contributed by atoms with E-state index in [0.717, 1.165) is 0 Å². The Bertz CT molecular complexity index is 306. The third kappa shape index (κ3) is 3.84. The van der Waals surface area contributed by atoms with Crippen molar-refractivity contribution in [2.45, 2.75) is 0 Å². The summed E-state index contributed by atoms with van der Waals surface area (Å²) in [6.07, 6.45) is 3.14. The topological polar surface area (TPSA) is 78.1 Å². The van der Waals surface area contributed by atoms with Crippen LogP contribution in [0.15, 0.2) is 12.3 Å². The fraction of sp³-hybridized carbons (Fsp3) is 0.429. The Labute approximate surface area is 78.8 Å². The lowest BCUT2D eigenvalue weighted by molar-refractivity contribution is 0.329. The van der Waals surface area contributed by atoms with E-state index in [4.69, 9.17) is 10.5 Å². The fourth-order valence-corrected chi connectivity index (χ4v) is 1.02. The molecule has 0 saturated carbocycles. The number of nitrogens with two attached hydrogens (primary N) is 1. The minimum absolute atomic E-state index is 0.176. The molecule has 0 spiro atoms. The van der Waals surface area contributed by atoms with E-state index in [1.165, 1.54) is 6.20 Å². The standard InChI is InChI=1S/C7H11N3O2S/c1-13(11)5-4-12-6-2-3-9-7(8)10-6/h2-3H,4-5H2,1H3,(H2,8,9,10). The average molecular weight is 201 g/mol. The van der Waals surface area contributed by atoms with Gasteiger partial charge in [0.2, 0.25) is 11.8 Å². The fourth-order valence-electron chi connectivity index (χ4n) is 0.700. The molecule has 13 heavy (non-hydrogen) atoms. The third-order valence-electron chi connectivity index (χ3n) is 1.27. The van der Waals surface area contributed by atoms with E-state index in [-0.39, 0.29) is 5.95 Å². The van der Waals surface area contributed by atoms with Gasteiger partial charge < -0.3 is 10.5 Å². The Hall–Kier alpha value is -1.17. The van der Waals surface area contributed by atoms with E-state index in [0.29, 0.717) is 18.2 Å². The van der Waals surface area contributed by atoms with Gasteiger partial charge in [-0.1, -0.05) is 0 Å². The van der Waals surface area contributed by atoms with Crippen molar-refractivity contribution < 1.29 is 8.95 Å². The van der Waals surface area contributed by atoms with Gasteiger partial charge in [0, 0.05) is 29.3 Å². The molecular weight excluding hydrogens is 190 g/mol. The number of ether oxygens (including phenoxy) is 1. The van der Waals surface area contributed by atoms with Crippen LogP contribution in [0.4, 0.5) is 5.95 Å². The summed E-state index contributed by atoms with van der Waals surface area (Å²) in [6.45, 7) is 0.375. The summed E-state index contributed by atoms with van der Waals surface area (Å²) in [5.74, 6) is 1.08. The van der Waals surface area contributed by atoms with Gasteiger partial charge in [0.15, 0.2) is 0 Å². The first kappa shape index (κ1) is 9.91. The largest absolute Gasteiger partial charge is 0.477 e. The molecule has 0 saturated heterocycles. The first-order chi connectivity index (χ1) is 6.18. The molecule has 0 aromatic carbocycles. The second kappa shape index (κ2) is 4.76. The lowest BCUT2D eigenvalue weighted by Gasteiger charge is -2.02. The van der Waals surface area contributed by atoms with Gasteiger partial charge in [0.25, 0.3) is 0 Å². The lowest BCUT2D eigenvalue weighted by atomic mass is 10.6. The molecule has 0 aliphatic heterocycles. The SMILES string of the molecule is CS(=O)CCOc1ccnc(N)n1. The van der Waals surface area contributed by atoms with Crippen molar-refractivity contribution in [2.24, 2.45) is 0 Å². The summed E-state index contributed by atoms with van der Waals surface area (Å²) in [5, 5.41) is 0. The van der Waals surface area contributed by atoms with Crippen LogP contribution in [0.1, 0.15) is 0 Å². The molecule has 1 aromatic rings. The van der Waals surface area contributed by atoms with Crippen molar-refractivity contribution in [1.82, 2.24) is 9.97 Å². The molecule has 0 radical (unpaired) electrons. The highest BCUT2D eigenvalue weighted by atomic mass is 32.2. The number of hydrogen-bond acceptors (Lipinski definition) is 5. The molecule has 0 fully saturated rings. The van der Waals surface area contributed by atoms with Gasteiger partial charge in [0.05, 0.1) is 5.75 Å². The van der Waals surface area contributed by atoms with Crippen molar-refractivity contribution in [3.8, 4) is 5.88 Å². The number of aromatic nitrogens is 2. The van der Waals surface area contributed by atoms with Crippen molar-refractivity contribution in [1.29, 1.82) is 0 Å². The second-order valence-electron chi connectivity index (χ2n) is 2.38. The van der Waals surface area contributed by atoms with Gasteiger partial charge >= 0.3 is 0 Å². The zero-order valence-corrected chi connectivity index (χ0v) is 8.08. The smallest absolute Gasteiger partial charge is 0.223 e. The predicted molar refractivity (Wildman–Crippen MR) is 50.9 cm³/mol. The number of rotatable bonds is 4. The summed E-state index contributed by atoms with van der Waals surface area (Å²) in [7, 11) is -0.844. The van der Waals surface area contributed by atoms with E-state index in [9.17, 15) is 4.21 Å². The Morgan fingerprint density at radius 2 is 2.46 bits per heavy atom. The van der Waals surface area contributed by atoms with Crippen LogP contribution in [0.5, 0.6) is 5.88 Å². The highest BCUT2D eigenvalue weighted by Gasteiger charge is 1.97. The van der Waals surface area contributed by atoms with Crippen molar-refractivity contribution in [3.63, 3.8) is 0 Å². The first-order valence-corrected chi connectivity index (χ1v) is 5.42. The zero-order chi connectivity index (χ0) is 9.68. The van der Waals surface area contributed by atoms with E-state index in [1.807, 2.05) is 0 Å². The summed E-state index contributed by atoms with van der Waals surface area (Å²) < 4.78 is 15.8. The highest BCUT2D eigenvalue weighted by Crippen LogP contribution is 2.05. The van der Waals surface area contributed by atoms with Crippen molar-refractivity contribution in [2.75, 3.05) is 24.3 Å². The molecule has 1 unspecified atom stereocenters. The average Bonchev–Trinajstić information content (AvgIpc) is 2.03. The summed E-state index contributed by atoms with van der Waals surface area (Å²) in [5.41, 5.74) is 5.33. The minimum Gasteiger partial charge on any atom is -0.477 e. The van der Waals surface area contributed by atoms with Crippen LogP contribution in [0.25, 0.3) is 0 Å². The summed E-state index contributed by atoms with van der Waals surface area (Å²) in [4.78, 5) is 7.53. The van der Waals surface area contributed by atoms with Gasteiger partial charge in [-0.05, 0) is 0 Å². The maximum Gasteiger partial charge on any atom is 0.223 e. The molecule has 72 valence electrons. The Morgan fingerprint density at radius 3 is 3.08 bits per heavy atom. The molecule has 0 aliphatic carbocycles. The number of anilines is 1. The van der Waals surface area contributed by atoms with Gasteiger partial charge in [-0.25, -0.2) is 4.98 Å². The van der Waals surface area contributed by atoms with Gasteiger partial charge in [-0.2, -0.15) is 4.98 Å². The van der Waals surface area contributed by atoms with Crippen LogP contribution in [0.2, 0.25) is 0 Å². The highest BCUT2D eigenvalue weighted by molar-refractivity contribution is 7.84. The molecule has 1 rings (SSSR count). The molecule has 2 N–H and O–H groups in total. The minimum atomic E-state index is -0.844. The third-order valence-corrected chi connectivity index (χ3v) is 2.01. The van der Waals surface area contributed by atoms with Crippen LogP contribution in [0, 0.1) is 0 Å². The molecule has 5 nitrogen and oxygen atoms in total. The summed E-state index contributed by atoms with van der Waals surface area (Å²) >= 11 is 0. The van der Waals surface area contributed by atoms with Crippen LogP contribution in [0.3, 0.4) is 0 Å². The van der Waals surface area contributed by atoms with Gasteiger partial charge in [-0.3, -0.25) is 4.21 Å². The second-order valence-corrected chi connectivity index (χ2v) is 3.93. The molecule has 0 amide bonds. The van der Waals surface area contributed by atoms with Gasteiger partial charge in [0.1, 0.15) is 6.61 Å². The molecule has 1 aromatic heterocycles. The van der Waals surface area contributed by atoms with E-state index >= 15 is 0 Å². The van der Waals surface area contributed by atoms with E-state index in [1.54, 1.807) is 12.3 Å². The molecule has 0 aliphatic rings. The number of nitrogens with zero attached hydrogens (tertiary/aromatic N) is 2. The van der Waals surface area contributed by atoms with E-state index < -0.39 is 10.8 Å². The van der Waals surface area contributed by atoms with E-state index in [2.05, 4.69) is 9.97 Å². The zero-order valence-electron chi connectivity index (χ0n) is 7.27. The Kier molecular flexibility index (Phi) is 3.63. The Balaban J connectivity index is 2.41. The molecule has 1 atom stereocenters. The van der Waals surface area contributed by atoms with Crippen LogP contribution in [-0.4, -0.2) is 32.8 Å². The number of hydrogen-bond donors (Lipinski definition) is 1. The molecule has 1 heterocycles. The molecular formula is C7H11N3O2S. The maximum atomic E-state index is 10.7. The van der Waals surface area contributed by atoms with Crippen LogP contribution >= 0.6 is 0 Å². The van der Waals surface area contributed by atoms with Crippen molar-refractivity contribution in [3.05, 3.63) is 12.3 Å². The monoisotopic (exact) mass is 201 g/mol. The lowest BCUT2D eigenvalue weighted by Crippen LogP contribution is -2.08. The van der Waals surface area contributed by atoms with Gasteiger partial charge in [-0.15, -0.1) is 0 Å². The molecule has 0 bridgehead atoms. The van der Waals surface area contributed by atoms with Crippen LogP contribution < -0.4 is 10.5 Å². The first-order valence-electron chi connectivity index (χ1n) is 3.70. The quantitative estimate of drug-likeness (QED) is 0.731. The predicted octanol–water partition coefficient (Wildman–Crippen LogP) is -0.184. The molecule has 6 heteroatoms. The van der Waals surface area contributed by atoms with Crippen molar-refractivity contribution >= 4 is 16.7 Å².